The number of nitrogens with one attached hydrogen (secondary N) is 3. The van der Waals surface area contributed by atoms with Crippen molar-refractivity contribution in [2.45, 2.75) is 0 Å². The molecule has 0 aliphatic carbocycles. The molecule has 0 saturated carbocycles. The third kappa shape index (κ3) is 2.38. The van der Waals surface area contributed by atoms with E-state index in [1.54, 1.807) is 12.3 Å². The zero-order valence-corrected chi connectivity index (χ0v) is 11.3. The molecule has 3 rings (SSSR count). The molecule has 21 heavy (non-hydrogen) atoms. The molecule has 3 N–H and O–H groups in total. The third-order valence-electron chi connectivity index (χ3n) is 3.18. The normalized spacial score (nSPS) is 10.5. The Kier molecular flexibility index (Phi) is 3.19. The minimum Gasteiger partial charge on any atom is -0.491 e. The van der Waals surface area contributed by atoms with Crippen LogP contribution in [-0.2, 0) is 0 Å². The summed E-state index contributed by atoms with van der Waals surface area (Å²) < 4.78 is 4.87. The van der Waals surface area contributed by atoms with E-state index in [2.05, 4.69) is 15.3 Å². The Morgan fingerprint density at radius 2 is 2.10 bits per heavy atom. The fraction of sp³-hybridized carbons (Fsp3) is 0.0667. The fourth-order valence-corrected chi connectivity index (χ4v) is 2.13. The van der Waals surface area contributed by atoms with Crippen LogP contribution in [0.3, 0.4) is 0 Å². The molecule has 1 aromatic carbocycles. The number of carbonyl (C=O) groups is 1. The molecule has 106 valence electrons. The second kappa shape index (κ2) is 5.16. The summed E-state index contributed by atoms with van der Waals surface area (Å²) in [6.45, 7) is 0. The van der Waals surface area contributed by atoms with Crippen LogP contribution >= 0.6 is 0 Å². The molecule has 0 bridgehead atoms. The molecule has 2 heterocycles. The van der Waals surface area contributed by atoms with E-state index in [9.17, 15) is 9.59 Å². The minimum absolute atomic E-state index is 0.166. The van der Waals surface area contributed by atoms with Gasteiger partial charge in [-0.25, -0.2) is 0 Å². The van der Waals surface area contributed by atoms with E-state index in [0.29, 0.717) is 5.69 Å². The van der Waals surface area contributed by atoms with E-state index in [1.165, 1.54) is 19.4 Å². The van der Waals surface area contributed by atoms with Crippen LogP contribution in [0.2, 0.25) is 0 Å². The summed E-state index contributed by atoms with van der Waals surface area (Å²) >= 11 is 0. The molecule has 0 fully saturated rings. The molecular formula is C15H13N3O3. The van der Waals surface area contributed by atoms with Gasteiger partial charge in [-0.05, 0) is 18.2 Å². The number of carbonyl (C=O) groups excluding carboxylic acids is 1. The number of aromatic amines is 2. The number of H-pyrrole nitrogens is 2. The quantitative estimate of drug-likeness (QED) is 0.688. The summed E-state index contributed by atoms with van der Waals surface area (Å²) in [6, 6.07) is 8.65. The number of hydrogen-bond donors (Lipinski definition) is 3. The van der Waals surface area contributed by atoms with Crippen LogP contribution in [0.15, 0.2) is 47.5 Å². The van der Waals surface area contributed by atoms with Gasteiger partial charge < -0.3 is 20.0 Å². The maximum absolute atomic E-state index is 12.2. The number of benzene rings is 1. The lowest BCUT2D eigenvalue weighted by molar-refractivity contribution is 0.102. The van der Waals surface area contributed by atoms with Crippen molar-refractivity contribution in [3.63, 3.8) is 0 Å². The topological polar surface area (TPSA) is 87.0 Å². The van der Waals surface area contributed by atoms with E-state index in [4.69, 9.17) is 4.74 Å². The van der Waals surface area contributed by atoms with Crippen LogP contribution in [0.4, 0.5) is 5.69 Å². The van der Waals surface area contributed by atoms with Crippen molar-refractivity contribution < 1.29 is 9.53 Å². The van der Waals surface area contributed by atoms with Gasteiger partial charge >= 0.3 is 0 Å². The standard InChI is InChI=1S/C15H13N3O3/c1-21-14-8-17-12(7-13(14)19)15(20)18-11-4-2-3-10-9(11)5-6-16-10/h2-8,16H,1H3,(H,17,19)(H,18,20). The van der Waals surface area contributed by atoms with Gasteiger partial charge in [-0.15, -0.1) is 0 Å². The summed E-state index contributed by atoms with van der Waals surface area (Å²) in [5, 5.41) is 3.69. The van der Waals surface area contributed by atoms with Crippen LogP contribution in [0, 0.1) is 0 Å². The third-order valence-corrected chi connectivity index (χ3v) is 3.18. The van der Waals surface area contributed by atoms with Crippen molar-refractivity contribution in [2.75, 3.05) is 12.4 Å². The van der Waals surface area contributed by atoms with Crippen LogP contribution in [0.25, 0.3) is 10.9 Å². The summed E-state index contributed by atoms with van der Waals surface area (Å²) in [7, 11) is 1.40. The Balaban J connectivity index is 1.91. The van der Waals surface area contributed by atoms with E-state index in [-0.39, 0.29) is 22.8 Å². The number of rotatable bonds is 3. The lowest BCUT2D eigenvalue weighted by atomic mass is 10.2. The average Bonchev–Trinajstić information content (AvgIpc) is 2.96. The second-order valence-electron chi connectivity index (χ2n) is 4.48. The first kappa shape index (κ1) is 13.0. The summed E-state index contributed by atoms with van der Waals surface area (Å²) in [4.78, 5) is 29.7. The van der Waals surface area contributed by atoms with E-state index in [1.807, 2.05) is 18.2 Å². The zero-order valence-electron chi connectivity index (χ0n) is 11.3. The van der Waals surface area contributed by atoms with Gasteiger partial charge in [0.05, 0.1) is 12.8 Å². The number of anilines is 1. The molecule has 0 aliphatic heterocycles. The van der Waals surface area contributed by atoms with Gasteiger partial charge in [0, 0.05) is 29.4 Å². The molecular weight excluding hydrogens is 270 g/mol. The minimum atomic E-state index is -0.386. The summed E-state index contributed by atoms with van der Waals surface area (Å²) in [5.74, 6) is -0.220. The van der Waals surface area contributed by atoms with Gasteiger partial charge in [-0.1, -0.05) is 6.07 Å². The molecule has 3 aromatic rings. The molecule has 0 radical (unpaired) electrons. The van der Waals surface area contributed by atoms with E-state index >= 15 is 0 Å². The van der Waals surface area contributed by atoms with E-state index < -0.39 is 0 Å². The van der Waals surface area contributed by atoms with Crippen LogP contribution in [0.1, 0.15) is 10.5 Å². The van der Waals surface area contributed by atoms with Crippen molar-refractivity contribution >= 4 is 22.5 Å². The molecule has 0 atom stereocenters. The predicted molar refractivity (Wildman–Crippen MR) is 79.9 cm³/mol. The van der Waals surface area contributed by atoms with Gasteiger partial charge in [0.25, 0.3) is 5.91 Å². The summed E-state index contributed by atoms with van der Waals surface area (Å²) in [5.41, 5.74) is 1.43. The molecule has 0 unspecified atom stereocenters. The molecule has 2 aromatic heterocycles. The highest BCUT2D eigenvalue weighted by Gasteiger charge is 2.11. The predicted octanol–water partition coefficient (Wildman–Crippen LogP) is 2.12. The Bertz CT molecular complexity index is 864. The van der Waals surface area contributed by atoms with Crippen molar-refractivity contribution in [2.24, 2.45) is 0 Å². The monoisotopic (exact) mass is 283 g/mol. The average molecular weight is 283 g/mol. The molecule has 6 nitrogen and oxygen atoms in total. The lowest BCUT2D eigenvalue weighted by Crippen LogP contribution is -2.17. The highest BCUT2D eigenvalue weighted by Crippen LogP contribution is 2.22. The van der Waals surface area contributed by atoms with E-state index in [0.717, 1.165) is 10.9 Å². The van der Waals surface area contributed by atoms with Crippen LogP contribution in [-0.4, -0.2) is 23.0 Å². The van der Waals surface area contributed by atoms with Gasteiger partial charge in [-0.2, -0.15) is 0 Å². The summed E-state index contributed by atoms with van der Waals surface area (Å²) in [6.07, 6.45) is 3.17. The first-order chi connectivity index (χ1) is 10.2. The Morgan fingerprint density at radius 1 is 1.24 bits per heavy atom. The number of hydrogen-bond acceptors (Lipinski definition) is 3. The zero-order chi connectivity index (χ0) is 14.8. The smallest absolute Gasteiger partial charge is 0.272 e. The Morgan fingerprint density at radius 3 is 2.86 bits per heavy atom. The molecule has 6 heteroatoms. The second-order valence-corrected chi connectivity index (χ2v) is 4.48. The van der Waals surface area contributed by atoms with Gasteiger partial charge in [0.1, 0.15) is 5.69 Å². The largest absolute Gasteiger partial charge is 0.491 e. The SMILES string of the molecule is COc1c[nH]c(C(=O)Nc2cccc3[nH]ccc23)cc1=O. The van der Waals surface area contributed by atoms with Crippen molar-refractivity contribution in [1.82, 2.24) is 9.97 Å². The number of fused-ring (bicyclic) bond motifs is 1. The number of methoxy groups -OCH3 is 1. The maximum Gasteiger partial charge on any atom is 0.272 e. The number of amides is 1. The number of pyridine rings is 1. The Hall–Kier alpha value is -3.02. The first-order valence-electron chi connectivity index (χ1n) is 6.33. The van der Waals surface area contributed by atoms with Crippen molar-refractivity contribution in [3.8, 4) is 5.75 Å². The van der Waals surface area contributed by atoms with Crippen LogP contribution < -0.4 is 15.5 Å². The van der Waals surface area contributed by atoms with Crippen LogP contribution in [0.5, 0.6) is 5.75 Å². The number of aromatic nitrogens is 2. The number of ether oxygens (including phenoxy) is 1. The van der Waals surface area contributed by atoms with Gasteiger partial charge in [0.15, 0.2) is 5.75 Å². The van der Waals surface area contributed by atoms with Gasteiger partial charge in [-0.3, -0.25) is 9.59 Å². The fourth-order valence-electron chi connectivity index (χ4n) is 2.13. The van der Waals surface area contributed by atoms with Crippen molar-refractivity contribution in [3.05, 3.63) is 58.6 Å². The molecule has 0 aliphatic rings. The Labute approximate surface area is 119 Å². The molecule has 1 amide bonds. The molecule has 0 saturated heterocycles. The van der Waals surface area contributed by atoms with Gasteiger partial charge in [0.2, 0.25) is 5.43 Å². The highest BCUT2D eigenvalue weighted by molar-refractivity contribution is 6.07. The first-order valence-corrected chi connectivity index (χ1v) is 6.33. The van der Waals surface area contributed by atoms with Crippen molar-refractivity contribution in [1.29, 1.82) is 0 Å². The lowest BCUT2D eigenvalue weighted by Gasteiger charge is -2.07. The highest BCUT2D eigenvalue weighted by atomic mass is 16.5. The maximum atomic E-state index is 12.2. The molecule has 0 spiro atoms.